The van der Waals surface area contributed by atoms with Crippen LogP contribution >= 0.6 is 0 Å². The molecule has 2 aliphatic carbocycles. The van der Waals surface area contributed by atoms with Crippen LogP contribution in [0.5, 0.6) is 0 Å². The monoisotopic (exact) mass is 659 g/mol. The molecule has 3 fully saturated rings. The Labute approximate surface area is 271 Å². The number of sulfone groups is 1. The Bertz CT molecular complexity index is 1470. The van der Waals surface area contributed by atoms with Crippen molar-refractivity contribution in [2.75, 3.05) is 12.3 Å². The van der Waals surface area contributed by atoms with Crippen LogP contribution in [0.4, 0.5) is 4.79 Å². The van der Waals surface area contributed by atoms with Gasteiger partial charge in [-0.15, -0.1) is 0 Å². The van der Waals surface area contributed by atoms with E-state index in [0.717, 1.165) is 12.8 Å². The number of nitrogens with zero attached hydrogens (tertiary/aromatic N) is 1. The fourth-order valence-corrected chi connectivity index (χ4v) is 8.38. The molecule has 13 heteroatoms. The number of nitrogens with two attached hydrogens (primary N) is 1. The van der Waals surface area contributed by atoms with Gasteiger partial charge in [-0.3, -0.25) is 19.2 Å². The second-order valence-corrected chi connectivity index (χ2v) is 17.3. The maximum Gasteiger partial charge on any atom is 0.315 e. The minimum Gasteiger partial charge on any atom is -0.363 e. The molecule has 2 saturated carbocycles. The minimum absolute atomic E-state index is 0.0453. The van der Waals surface area contributed by atoms with Crippen LogP contribution in [0.2, 0.25) is 0 Å². The molecule has 5 N–H and O–H groups in total. The molecule has 1 aromatic rings. The molecular weight excluding hydrogens is 610 g/mol. The lowest BCUT2D eigenvalue weighted by Crippen LogP contribution is -2.62. The average molecular weight is 660 g/mol. The van der Waals surface area contributed by atoms with Gasteiger partial charge in [0.1, 0.15) is 12.1 Å². The number of hydrogen-bond donors (Lipinski definition) is 4. The zero-order valence-electron chi connectivity index (χ0n) is 27.8. The van der Waals surface area contributed by atoms with E-state index in [1.54, 1.807) is 52.8 Å². The summed E-state index contributed by atoms with van der Waals surface area (Å²) in [4.78, 5) is 67.4. The summed E-state index contributed by atoms with van der Waals surface area (Å²) in [6.45, 7) is 13.4. The molecular formula is C33H49N5O7S. The Kier molecular flexibility index (Phi) is 9.97. The molecule has 0 radical (unpaired) electrons. The number of rotatable bonds is 13. The number of urea groups is 1. The maximum atomic E-state index is 14.2. The first-order valence-corrected chi connectivity index (χ1v) is 17.7. The highest BCUT2D eigenvalue weighted by atomic mass is 32.2. The summed E-state index contributed by atoms with van der Waals surface area (Å²) in [5.74, 6) is -3.40. The van der Waals surface area contributed by atoms with E-state index in [1.165, 1.54) is 17.0 Å². The zero-order chi connectivity index (χ0) is 34.4. The van der Waals surface area contributed by atoms with E-state index < -0.39 is 69.0 Å². The first-order valence-electron chi connectivity index (χ1n) is 16.0. The number of benzene rings is 1. The molecule has 6 atom stereocenters. The number of ketones is 1. The third kappa shape index (κ3) is 7.72. The molecule has 1 heterocycles. The second kappa shape index (κ2) is 13.0. The lowest BCUT2D eigenvalue weighted by atomic mass is 9.85. The largest absolute Gasteiger partial charge is 0.363 e. The van der Waals surface area contributed by atoms with Crippen molar-refractivity contribution >= 4 is 39.4 Å². The lowest BCUT2D eigenvalue weighted by molar-refractivity contribution is -0.145. The number of amides is 5. The van der Waals surface area contributed by atoms with E-state index in [9.17, 15) is 32.4 Å². The number of piperidine rings is 1. The normalized spacial score (nSPS) is 23.9. The van der Waals surface area contributed by atoms with Crippen LogP contribution in [-0.2, 0) is 29.0 Å². The van der Waals surface area contributed by atoms with Crippen LogP contribution in [0.25, 0.3) is 0 Å². The Morgan fingerprint density at radius 3 is 2.13 bits per heavy atom. The molecule has 3 aliphatic rings. The van der Waals surface area contributed by atoms with E-state index in [2.05, 4.69) is 16.0 Å². The van der Waals surface area contributed by atoms with E-state index in [4.69, 9.17) is 5.73 Å². The van der Waals surface area contributed by atoms with Crippen molar-refractivity contribution in [3.8, 4) is 0 Å². The van der Waals surface area contributed by atoms with Gasteiger partial charge in [0.25, 0.3) is 5.91 Å². The van der Waals surface area contributed by atoms with Crippen LogP contribution in [0.3, 0.4) is 0 Å². The molecule has 46 heavy (non-hydrogen) atoms. The van der Waals surface area contributed by atoms with Crippen molar-refractivity contribution < 1.29 is 32.4 Å². The third-order valence-corrected chi connectivity index (χ3v) is 11.7. The Hall–Kier alpha value is -3.48. The number of hydrogen-bond acceptors (Lipinski definition) is 7. The molecule has 12 nitrogen and oxygen atoms in total. The third-order valence-electron chi connectivity index (χ3n) is 9.91. The van der Waals surface area contributed by atoms with Gasteiger partial charge in [-0.05, 0) is 53.1 Å². The summed E-state index contributed by atoms with van der Waals surface area (Å²) >= 11 is 0. The molecule has 5 amide bonds. The fraction of sp³-hybridized carbons (Fsp3) is 0.667. The van der Waals surface area contributed by atoms with Crippen molar-refractivity contribution in [1.82, 2.24) is 20.9 Å². The lowest BCUT2D eigenvalue weighted by Gasteiger charge is -2.38. The van der Waals surface area contributed by atoms with E-state index in [1.807, 2.05) is 13.8 Å². The molecule has 0 aromatic heterocycles. The van der Waals surface area contributed by atoms with Crippen LogP contribution < -0.4 is 21.7 Å². The summed E-state index contributed by atoms with van der Waals surface area (Å²) in [6, 6.07) is 3.55. The van der Waals surface area contributed by atoms with Crippen molar-refractivity contribution in [2.45, 2.75) is 96.8 Å². The van der Waals surface area contributed by atoms with Crippen LogP contribution in [-0.4, -0.2) is 79.3 Å². The smallest absolute Gasteiger partial charge is 0.315 e. The number of likely N-dealkylation sites (tertiary alicyclic amines) is 1. The first kappa shape index (κ1) is 35.4. The number of fused-ring (bicyclic) bond motifs is 1. The van der Waals surface area contributed by atoms with Gasteiger partial charge in [0.15, 0.2) is 9.84 Å². The number of Topliss-reactive ketones (excluding diaryl/α,β-unsaturated/α-hetero) is 1. The molecule has 1 aromatic carbocycles. The quantitative estimate of drug-likeness (QED) is 0.233. The topological polar surface area (TPSA) is 185 Å². The van der Waals surface area contributed by atoms with E-state index >= 15 is 0 Å². The minimum atomic E-state index is -3.71. The predicted octanol–water partition coefficient (Wildman–Crippen LogP) is 2.02. The number of carbonyl (C=O) groups excluding carboxylic acids is 5. The van der Waals surface area contributed by atoms with Gasteiger partial charge >= 0.3 is 6.03 Å². The van der Waals surface area contributed by atoms with Crippen LogP contribution in [0.15, 0.2) is 35.2 Å². The molecule has 4 rings (SSSR count). The Balaban J connectivity index is 1.51. The molecule has 1 aliphatic heterocycles. The summed E-state index contributed by atoms with van der Waals surface area (Å²) < 4.78 is 26.2. The van der Waals surface area contributed by atoms with Gasteiger partial charge in [-0.1, -0.05) is 79.5 Å². The summed E-state index contributed by atoms with van der Waals surface area (Å²) in [7, 11) is -3.71. The van der Waals surface area contributed by atoms with Gasteiger partial charge in [-0.2, -0.15) is 0 Å². The number of carbonyl (C=O) groups is 5. The Morgan fingerprint density at radius 2 is 1.61 bits per heavy atom. The molecule has 254 valence electrons. The van der Waals surface area contributed by atoms with Crippen molar-refractivity contribution in [3.63, 3.8) is 0 Å². The van der Waals surface area contributed by atoms with Crippen LogP contribution in [0.1, 0.15) is 67.7 Å². The zero-order valence-corrected chi connectivity index (χ0v) is 28.6. The number of nitrogens with one attached hydrogen (secondary N) is 3. The van der Waals surface area contributed by atoms with Gasteiger partial charge in [0.05, 0.1) is 16.7 Å². The average Bonchev–Trinajstić information content (AvgIpc) is 3.81. The summed E-state index contributed by atoms with van der Waals surface area (Å²) in [5, 5.41) is 8.29. The SMILES string of the molecule is CC(C)[C@@H](CS(=O)(=O)c1ccccc1)NC(=O)N[C@H](C(=O)N1CC2[C@@H]([C@H]1C(=O)NC(CC1CC1)C(=O)C(N)=O)C2(C)C)C(C)(C)C. The van der Waals surface area contributed by atoms with E-state index in [-0.39, 0.29) is 39.7 Å². The van der Waals surface area contributed by atoms with Gasteiger partial charge in [0, 0.05) is 12.6 Å². The maximum absolute atomic E-state index is 14.2. The van der Waals surface area contributed by atoms with Crippen molar-refractivity contribution in [3.05, 3.63) is 30.3 Å². The summed E-state index contributed by atoms with van der Waals surface area (Å²) in [5.41, 5.74) is 4.29. The van der Waals surface area contributed by atoms with Gasteiger partial charge in [-0.25, -0.2) is 13.2 Å². The van der Waals surface area contributed by atoms with E-state index in [0.29, 0.717) is 13.0 Å². The molecule has 0 bridgehead atoms. The molecule has 1 saturated heterocycles. The van der Waals surface area contributed by atoms with Crippen LogP contribution in [0, 0.1) is 34.5 Å². The highest BCUT2D eigenvalue weighted by Gasteiger charge is 2.70. The summed E-state index contributed by atoms with van der Waals surface area (Å²) in [6.07, 6.45) is 2.12. The molecule has 0 spiro atoms. The fourth-order valence-electron chi connectivity index (χ4n) is 6.68. The molecule has 2 unspecified atom stereocenters. The highest BCUT2D eigenvalue weighted by molar-refractivity contribution is 7.91. The standard InChI is InChI=1S/C33H49N5O7S/c1-18(2)23(17-46(44,45)20-11-9-8-10-12-20)36-31(43)37-27(32(3,4)5)30(42)38-16-21-24(33(21,6)7)25(38)29(41)35-22(15-19-13-14-19)26(39)28(34)40/h8-12,18-19,21-25,27H,13-17H2,1-7H3,(H2,34,40)(H,35,41)(H2,36,37,43)/t21?,22?,23-,24+,25+,27-/m1/s1. The predicted molar refractivity (Wildman–Crippen MR) is 172 cm³/mol. The van der Waals surface area contributed by atoms with Gasteiger partial charge < -0.3 is 26.6 Å². The van der Waals surface area contributed by atoms with Crippen molar-refractivity contribution in [1.29, 1.82) is 0 Å². The number of primary amides is 1. The first-order chi connectivity index (χ1) is 21.3. The highest BCUT2D eigenvalue weighted by Crippen LogP contribution is 2.65. The van der Waals surface area contributed by atoms with Crippen molar-refractivity contribution in [2.24, 2.45) is 40.2 Å². The second-order valence-electron chi connectivity index (χ2n) is 15.2. The van der Waals surface area contributed by atoms with Gasteiger partial charge in [0.2, 0.25) is 17.6 Å². The Morgan fingerprint density at radius 1 is 1.00 bits per heavy atom.